The average Bonchev–Trinajstić information content (AvgIpc) is 1.36. The van der Waals surface area contributed by atoms with Gasteiger partial charge in [0.05, 0.1) is 0 Å². The molecule has 0 atom stereocenters. The Bertz CT molecular complexity index is 84.0. The van der Waals surface area contributed by atoms with Gasteiger partial charge < -0.3 is 1.43 Å². The van der Waals surface area contributed by atoms with Crippen molar-refractivity contribution in [3.8, 4) is 0 Å². The summed E-state index contributed by atoms with van der Waals surface area (Å²) in [5.41, 5.74) is 0. The van der Waals surface area contributed by atoms with Gasteiger partial charge in [-0.25, -0.2) is 0 Å². The third-order valence-electron chi connectivity index (χ3n) is 0.183. The fraction of sp³-hybridized carbons (Fsp3) is 0. The van der Waals surface area contributed by atoms with Crippen LogP contribution in [0.3, 0.4) is 0 Å². The summed E-state index contributed by atoms with van der Waals surface area (Å²) in [6.45, 7) is 0. The van der Waals surface area contributed by atoms with Crippen LogP contribution in [0.4, 0.5) is 0 Å². The van der Waals surface area contributed by atoms with Crippen molar-refractivity contribution in [3.63, 3.8) is 0 Å². The van der Waals surface area contributed by atoms with Crippen molar-refractivity contribution in [3.05, 3.63) is 0 Å². The van der Waals surface area contributed by atoms with Crippen LogP contribution in [0.5, 0.6) is 0 Å². The first-order chi connectivity index (χ1) is 2.64. The molecule has 0 spiro atoms. The van der Waals surface area contributed by atoms with E-state index >= 15 is 0 Å². The van der Waals surface area contributed by atoms with Crippen LogP contribution in [-0.2, 0) is 9.59 Å². The minimum absolute atomic E-state index is 0. The molecule has 0 saturated heterocycles. The molecule has 0 aromatic rings. The SMILES string of the molecule is O=C(S)C(=O)S.[H-].[Na+]. The number of thiol groups is 2. The van der Waals surface area contributed by atoms with E-state index in [0.29, 0.717) is 0 Å². The Hall–Kier alpha value is 1.04. The maximum absolute atomic E-state index is 9.58. The summed E-state index contributed by atoms with van der Waals surface area (Å²) >= 11 is 6.26. The van der Waals surface area contributed by atoms with Gasteiger partial charge in [0.1, 0.15) is 0 Å². The van der Waals surface area contributed by atoms with Gasteiger partial charge in [0.2, 0.25) is 0 Å². The minimum atomic E-state index is -0.821. The molecule has 0 aliphatic rings. The van der Waals surface area contributed by atoms with Gasteiger partial charge in [0, 0.05) is 0 Å². The van der Waals surface area contributed by atoms with Crippen molar-refractivity contribution < 1.29 is 40.6 Å². The van der Waals surface area contributed by atoms with E-state index in [9.17, 15) is 9.59 Å². The van der Waals surface area contributed by atoms with E-state index in [1.165, 1.54) is 0 Å². The smallest absolute Gasteiger partial charge is 1.00 e. The summed E-state index contributed by atoms with van der Waals surface area (Å²) < 4.78 is 0. The molecular formula is C2H3NaO2S2. The van der Waals surface area contributed by atoms with Crippen molar-refractivity contribution in [1.29, 1.82) is 0 Å². The van der Waals surface area contributed by atoms with Crippen LogP contribution < -0.4 is 29.6 Å². The maximum atomic E-state index is 9.58. The monoisotopic (exact) mass is 146 g/mol. The Morgan fingerprint density at radius 3 is 1.29 bits per heavy atom. The normalized spacial score (nSPS) is 6.57. The Balaban J connectivity index is -0.000000125. The number of carbonyl (C=O) groups excluding carboxylic acids is 2. The van der Waals surface area contributed by atoms with Gasteiger partial charge >= 0.3 is 29.6 Å². The molecular weight excluding hydrogens is 143 g/mol. The third kappa shape index (κ3) is 7.04. The van der Waals surface area contributed by atoms with E-state index in [4.69, 9.17) is 0 Å². The molecule has 0 aliphatic carbocycles. The Morgan fingerprint density at radius 2 is 1.29 bits per heavy atom. The molecule has 0 heterocycles. The van der Waals surface area contributed by atoms with Crippen molar-refractivity contribution in [2.75, 3.05) is 0 Å². The Kier molecular flexibility index (Phi) is 8.09. The predicted molar refractivity (Wildman–Crippen MR) is 29.1 cm³/mol. The van der Waals surface area contributed by atoms with Gasteiger partial charge in [-0.15, -0.1) is 0 Å². The second-order valence-electron chi connectivity index (χ2n) is 0.610. The molecule has 0 aromatic carbocycles. The van der Waals surface area contributed by atoms with Crippen LogP contribution >= 0.6 is 25.3 Å². The maximum Gasteiger partial charge on any atom is 1.00 e. The van der Waals surface area contributed by atoms with Crippen molar-refractivity contribution in [2.24, 2.45) is 0 Å². The van der Waals surface area contributed by atoms with Crippen molar-refractivity contribution in [1.82, 2.24) is 0 Å². The van der Waals surface area contributed by atoms with Gasteiger partial charge in [-0.05, 0) is 0 Å². The van der Waals surface area contributed by atoms with Crippen LogP contribution in [0.1, 0.15) is 1.43 Å². The van der Waals surface area contributed by atoms with E-state index in [0.717, 1.165) is 0 Å². The number of rotatable bonds is 1. The van der Waals surface area contributed by atoms with Crippen molar-refractivity contribution in [2.45, 2.75) is 0 Å². The zero-order chi connectivity index (χ0) is 5.15. The second kappa shape index (κ2) is 5.18. The van der Waals surface area contributed by atoms with Crippen LogP contribution in [0.15, 0.2) is 0 Å². The van der Waals surface area contributed by atoms with Crippen LogP contribution in [0, 0.1) is 0 Å². The summed E-state index contributed by atoms with van der Waals surface area (Å²) in [6, 6.07) is 0. The Morgan fingerprint density at radius 1 is 1.14 bits per heavy atom. The molecule has 0 rings (SSSR count). The first kappa shape index (κ1) is 10.9. The van der Waals surface area contributed by atoms with E-state index in [1.54, 1.807) is 0 Å². The number of hydrogen-bond acceptors (Lipinski definition) is 2. The first-order valence-electron chi connectivity index (χ1n) is 1.11. The summed E-state index contributed by atoms with van der Waals surface area (Å²) in [4.78, 5) is 19.2. The van der Waals surface area contributed by atoms with Gasteiger partial charge in [-0.2, -0.15) is 0 Å². The largest absolute Gasteiger partial charge is 1.00 e. The van der Waals surface area contributed by atoms with E-state index < -0.39 is 10.2 Å². The molecule has 0 bridgehead atoms. The summed E-state index contributed by atoms with van der Waals surface area (Å²) in [6.07, 6.45) is 0. The van der Waals surface area contributed by atoms with Crippen LogP contribution in [0.25, 0.3) is 0 Å². The zero-order valence-corrected chi connectivity index (χ0v) is 7.50. The molecule has 0 aliphatic heterocycles. The molecule has 7 heavy (non-hydrogen) atoms. The molecule has 0 aromatic heterocycles. The topological polar surface area (TPSA) is 34.1 Å². The summed E-state index contributed by atoms with van der Waals surface area (Å²) in [7, 11) is 0. The van der Waals surface area contributed by atoms with E-state index in [2.05, 4.69) is 25.3 Å². The van der Waals surface area contributed by atoms with Gasteiger partial charge in [0.15, 0.2) is 0 Å². The zero-order valence-electron chi connectivity index (χ0n) is 4.71. The third-order valence-corrected chi connectivity index (χ3v) is 0.766. The van der Waals surface area contributed by atoms with E-state index in [-0.39, 0.29) is 31.0 Å². The van der Waals surface area contributed by atoms with Crippen molar-refractivity contribution >= 4 is 35.5 Å². The average molecular weight is 146 g/mol. The molecule has 0 radical (unpaired) electrons. The molecule has 0 amide bonds. The van der Waals surface area contributed by atoms with E-state index in [1.807, 2.05) is 0 Å². The number of carbonyl (C=O) groups is 2. The van der Waals surface area contributed by atoms with Gasteiger partial charge in [0.25, 0.3) is 10.2 Å². The first-order valence-corrected chi connectivity index (χ1v) is 2.00. The fourth-order valence-corrected chi connectivity index (χ4v) is 0. The standard InChI is InChI=1S/C2H2O2S2.Na.H/c3-1(5)2(4)6;;/h(H,3,5)(H,4,6);;/q;+1;-1. The Labute approximate surface area is 75.6 Å². The van der Waals surface area contributed by atoms with Gasteiger partial charge in [-0.3, -0.25) is 9.59 Å². The minimum Gasteiger partial charge on any atom is -1.00 e. The van der Waals surface area contributed by atoms with Crippen LogP contribution in [0.2, 0.25) is 0 Å². The molecule has 0 saturated carbocycles. The molecule has 0 fully saturated rings. The molecule has 36 valence electrons. The summed E-state index contributed by atoms with van der Waals surface area (Å²) in [5.74, 6) is 0. The molecule has 5 heteroatoms. The van der Waals surface area contributed by atoms with Gasteiger partial charge in [-0.1, -0.05) is 25.3 Å². The molecule has 0 N–H and O–H groups in total. The van der Waals surface area contributed by atoms with Crippen LogP contribution in [-0.4, -0.2) is 10.2 Å². The second-order valence-corrected chi connectivity index (χ2v) is 1.42. The quantitative estimate of drug-likeness (QED) is 0.235. The number of hydrogen-bond donors (Lipinski definition) is 2. The fourth-order valence-electron chi connectivity index (χ4n) is 0. The summed E-state index contributed by atoms with van der Waals surface area (Å²) in [5, 5.41) is -1.64. The predicted octanol–water partition coefficient (Wildman–Crippen LogP) is -2.98. The molecule has 0 unspecified atom stereocenters. The molecule has 2 nitrogen and oxygen atoms in total.